The number of morpholine rings is 1. The Bertz CT molecular complexity index is 483. The average Bonchev–Trinajstić information content (AvgIpc) is 3.10. The standard InChI is InChI=1S/C21H42N4O3.HI/c1-7-22-20(24-9-8-19(14-24)15-27-11-10-26-6)23-16-21(4,5)25-12-17(2)28-18(3)13-25;/h17-19H,7-16H2,1-6H3,(H,22,23);1H. The van der Waals surface area contributed by atoms with Gasteiger partial charge in [-0.2, -0.15) is 0 Å². The van der Waals surface area contributed by atoms with Crippen LogP contribution in [0.15, 0.2) is 4.99 Å². The van der Waals surface area contributed by atoms with Crippen molar-refractivity contribution >= 4 is 29.9 Å². The predicted octanol–water partition coefficient (Wildman–Crippen LogP) is 2.44. The van der Waals surface area contributed by atoms with Crippen LogP contribution in [0.4, 0.5) is 0 Å². The second-order valence-electron chi connectivity index (χ2n) is 8.81. The van der Waals surface area contributed by atoms with Crippen molar-refractivity contribution < 1.29 is 14.2 Å². The van der Waals surface area contributed by atoms with Gasteiger partial charge in [0.25, 0.3) is 0 Å². The molecule has 29 heavy (non-hydrogen) atoms. The van der Waals surface area contributed by atoms with Gasteiger partial charge in [0.15, 0.2) is 5.96 Å². The molecule has 1 N–H and O–H groups in total. The Morgan fingerprint density at radius 1 is 1.17 bits per heavy atom. The largest absolute Gasteiger partial charge is 0.382 e. The molecule has 2 saturated heterocycles. The molecule has 3 unspecified atom stereocenters. The molecule has 0 aromatic heterocycles. The third-order valence-electron chi connectivity index (χ3n) is 5.60. The summed E-state index contributed by atoms with van der Waals surface area (Å²) < 4.78 is 16.7. The summed E-state index contributed by atoms with van der Waals surface area (Å²) in [6, 6.07) is 0. The van der Waals surface area contributed by atoms with Crippen LogP contribution in [0.25, 0.3) is 0 Å². The molecule has 0 spiro atoms. The van der Waals surface area contributed by atoms with Gasteiger partial charge >= 0.3 is 0 Å². The van der Waals surface area contributed by atoms with E-state index in [0.717, 1.165) is 58.3 Å². The second kappa shape index (κ2) is 13.3. The van der Waals surface area contributed by atoms with Crippen LogP contribution in [0.2, 0.25) is 0 Å². The molecule has 2 aliphatic rings. The third-order valence-corrected chi connectivity index (χ3v) is 5.60. The second-order valence-corrected chi connectivity index (χ2v) is 8.81. The fourth-order valence-electron chi connectivity index (χ4n) is 4.02. The molecule has 0 amide bonds. The van der Waals surface area contributed by atoms with Gasteiger partial charge in [0, 0.05) is 51.3 Å². The van der Waals surface area contributed by atoms with Crippen molar-refractivity contribution in [2.24, 2.45) is 10.9 Å². The van der Waals surface area contributed by atoms with Crippen molar-refractivity contribution in [3.05, 3.63) is 0 Å². The lowest BCUT2D eigenvalue weighted by molar-refractivity contribution is -0.0939. The van der Waals surface area contributed by atoms with E-state index in [2.05, 4.69) is 49.7 Å². The van der Waals surface area contributed by atoms with Crippen LogP contribution in [0.1, 0.15) is 41.0 Å². The zero-order chi connectivity index (χ0) is 20.6. The van der Waals surface area contributed by atoms with Crippen molar-refractivity contribution in [2.75, 3.05) is 66.2 Å². The zero-order valence-electron chi connectivity index (χ0n) is 19.3. The molecule has 0 aromatic rings. The van der Waals surface area contributed by atoms with Crippen LogP contribution in [0.5, 0.6) is 0 Å². The monoisotopic (exact) mass is 526 g/mol. The fraction of sp³-hybridized carbons (Fsp3) is 0.952. The first-order valence-electron chi connectivity index (χ1n) is 10.9. The minimum absolute atomic E-state index is 0. The average molecular weight is 527 g/mol. The van der Waals surface area contributed by atoms with Crippen LogP contribution >= 0.6 is 24.0 Å². The summed E-state index contributed by atoms with van der Waals surface area (Å²) in [5.74, 6) is 1.60. The number of nitrogens with zero attached hydrogens (tertiary/aromatic N) is 3. The Labute approximate surface area is 194 Å². The van der Waals surface area contributed by atoms with E-state index in [9.17, 15) is 0 Å². The number of nitrogens with one attached hydrogen (secondary N) is 1. The normalized spacial score (nSPS) is 26.5. The van der Waals surface area contributed by atoms with E-state index in [1.54, 1.807) is 7.11 Å². The molecule has 0 saturated carbocycles. The molecule has 3 atom stereocenters. The summed E-state index contributed by atoms with van der Waals surface area (Å²) in [4.78, 5) is 9.93. The first-order valence-corrected chi connectivity index (χ1v) is 10.9. The lowest BCUT2D eigenvalue weighted by Crippen LogP contribution is -2.56. The van der Waals surface area contributed by atoms with Gasteiger partial charge < -0.3 is 24.4 Å². The van der Waals surface area contributed by atoms with E-state index in [1.165, 1.54) is 0 Å². The smallest absolute Gasteiger partial charge is 0.193 e. The molecule has 2 rings (SSSR count). The Morgan fingerprint density at radius 3 is 2.48 bits per heavy atom. The Kier molecular flexibility index (Phi) is 12.3. The van der Waals surface area contributed by atoms with E-state index < -0.39 is 0 Å². The number of guanidine groups is 1. The molecule has 7 nitrogen and oxygen atoms in total. The Balaban J connectivity index is 0.00000420. The molecular formula is C21H43IN4O3. The van der Waals surface area contributed by atoms with Crippen molar-refractivity contribution in [1.82, 2.24) is 15.1 Å². The van der Waals surface area contributed by atoms with E-state index in [4.69, 9.17) is 19.2 Å². The van der Waals surface area contributed by atoms with Gasteiger partial charge in [0.1, 0.15) is 0 Å². The minimum atomic E-state index is 0. The molecule has 2 heterocycles. The highest BCUT2D eigenvalue weighted by molar-refractivity contribution is 14.0. The Morgan fingerprint density at radius 2 is 1.86 bits per heavy atom. The molecule has 172 valence electrons. The van der Waals surface area contributed by atoms with E-state index in [-0.39, 0.29) is 41.7 Å². The quantitative estimate of drug-likeness (QED) is 0.216. The highest BCUT2D eigenvalue weighted by atomic mass is 127. The predicted molar refractivity (Wildman–Crippen MR) is 129 cm³/mol. The molecule has 2 aliphatic heterocycles. The van der Waals surface area contributed by atoms with Gasteiger partial charge in [0.05, 0.1) is 38.6 Å². The summed E-state index contributed by atoms with van der Waals surface area (Å²) in [6.07, 6.45) is 1.70. The lowest BCUT2D eigenvalue weighted by Gasteiger charge is -2.44. The van der Waals surface area contributed by atoms with Crippen molar-refractivity contribution in [3.63, 3.8) is 0 Å². The van der Waals surface area contributed by atoms with Gasteiger partial charge in [-0.25, -0.2) is 0 Å². The molecule has 8 heteroatoms. The van der Waals surface area contributed by atoms with Crippen LogP contribution in [0, 0.1) is 5.92 Å². The number of hydrogen-bond acceptors (Lipinski definition) is 5. The maximum atomic E-state index is 5.90. The minimum Gasteiger partial charge on any atom is -0.382 e. The van der Waals surface area contributed by atoms with Gasteiger partial charge in [-0.3, -0.25) is 9.89 Å². The fourth-order valence-corrected chi connectivity index (χ4v) is 4.02. The lowest BCUT2D eigenvalue weighted by atomic mass is 10.0. The van der Waals surface area contributed by atoms with Gasteiger partial charge in [0.2, 0.25) is 0 Å². The van der Waals surface area contributed by atoms with E-state index in [0.29, 0.717) is 19.1 Å². The third kappa shape index (κ3) is 8.85. The maximum Gasteiger partial charge on any atom is 0.193 e. The van der Waals surface area contributed by atoms with Crippen LogP contribution < -0.4 is 5.32 Å². The summed E-state index contributed by atoms with van der Waals surface area (Å²) in [5.41, 5.74) is 0.00929. The van der Waals surface area contributed by atoms with Crippen LogP contribution in [-0.4, -0.2) is 99.7 Å². The van der Waals surface area contributed by atoms with Gasteiger partial charge in [-0.15, -0.1) is 24.0 Å². The van der Waals surface area contributed by atoms with Crippen LogP contribution in [0.3, 0.4) is 0 Å². The zero-order valence-corrected chi connectivity index (χ0v) is 21.6. The Hall–Kier alpha value is -0.160. The van der Waals surface area contributed by atoms with Gasteiger partial charge in [-0.05, 0) is 41.0 Å². The summed E-state index contributed by atoms with van der Waals surface area (Å²) in [5, 5.41) is 3.49. The first-order chi connectivity index (χ1) is 13.4. The summed E-state index contributed by atoms with van der Waals surface area (Å²) >= 11 is 0. The number of ether oxygens (including phenoxy) is 3. The SMILES string of the molecule is CCNC(=NCC(C)(C)N1CC(C)OC(C)C1)N1CCC(COCCOC)C1.I. The number of likely N-dealkylation sites (tertiary alicyclic amines) is 1. The number of aliphatic imine (C=N–C) groups is 1. The van der Waals surface area contributed by atoms with Crippen molar-refractivity contribution in [3.8, 4) is 0 Å². The molecule has 0 radical (unpaired) electrons. The molecule has 2 fully saturated rings. The highest BCUT2D eigenvalue weighted by Gasteiger charge is 2.33. The molecular weight excluding hydrogens is 483 g/mol. The maximum absolute atomic E-state index is 5.90. The van der Waals surface area contributed by atoms with E-state index >= 15 is 0 Å². The number of methoxy groups -OCH3 is 1. The molecule has 0 bridgehead atoms. The van der Waals surface area contributed by atoms with Crippen molar-refractivity contribution in [1.29, 1.82) is 0 Å². The number of hydrogen-bond donors (Lipinski definition) is 1. The van der Waals surface area contributed by atoms with Gasteiger partial charge in [-0.1, -0.05) is 0 Å². The summed E-state index contributed by atoms with van der Waals surface area (Å²) in [7, 11) is 1.71. The summed E-state index contributed by atoms with van der Waals surface area (Å²) in [6.45, 7) is 18.8. The van der Waals surface area contributed by atoms with Crippen LogP contribution in [-0.2, 0) is 14.2 Å². The molecule has 0 aromatic carbocycles. The van der Waals surface area contributed by atoms with Crippen molar-refractivity contribution in [2.45, 2.75) is 58.8 Å². The molecule has 0 aliphatic carbocycles. The highest BCUT2D eigenvalue weighted by Crippen LogP contribution is 2.22. The topological polar surface area (TPSA) is 58.6 Å². The first kappa shape index (κ1) is 26.9. The van der Waals surface area contributed by atoms with E-state index in [1.807, 2.05) is 0 Å². The number of rotatable bonds is 9. The number of halogens is 1.